The van der Waals surface area contributed by atoms with Crippen LogP contribution in [0.1, 0.15) is 97.7 Å². The molecule has 20 rings (SSSR count). The van der Waals surface area contributed by atoms with Crippen molar-refractivity contribution in [3.05, 3.63) is 298 Å². The molecule has 0 aliphatic carbocycles. The number of benzene rings is 5. The molecule has 15 aromatic heterocycles. The highest BCUT2D eigenvalue weighted by Crippen LogP contribution is 2.43. The van der Waals surface area contributed by atoms with Gasteiger partial charge in [0.05, 0.1) is 27.8 Å². The molecule has 0 spiro atoms. The summed E-state index contributed by atoms with van der Waals surface area (Å²) in [6, 6.07) is 55.0. The molecule has 0 amide bonds. The maximum atomic E-state index is 6.20. The minimum absolute atomic E-state index is 0.488. The zero-order valence-corrected chi connectivity index (χ0v) is 69.9. The van der Waals surface area contributed by atoms with Crippen molar-refractivity contribution in [2.24, 2.45) is 35.2 Å². The van der Waals surface area contributed by atoms with Crippen LogP contribution in [-0.2, 0) is 35.2 Å². The van der Waals surface area contributed by atoms with Gasteiger partial charge < -0.3 is 22.1 Å². The van der Waals surface area contributed by atoms with Crippen LogP contribution in [0.4, 0.5) is 0 Å². The van der Waals surface area contributed by atoms with Gasteiger partial charge in [0, 0.05) is 143 Å². The fourth-order valence-electron chi connectivity index (χ4n) is 16.7. The Bertz CT molecular complexity index is 7310. The van der Waals surface area contributed by atoms with Gasteiger partial charge in [0.25, 0.3) is 0 Å². The Balaban J connectivity index is 0.000000109. The van der Waals surface area contributed by atoms with Crippen LogP contribution in [0, 0.1) is 90.0 Å². The van der Waals surface area contributed by atoms with Gasteiger partial charge in [-0.2, -0.15) is 0 Å². The fraction of sp³-hybridized carbons (Fsp3) is 0.208. The van der Waals surface area contributed by atoms with Gasteiger partial charge in [0.2, 0.25) is 57.0 Å². The maximum absolute atomic E-state index is 6.20. The van der Waals surface area contributed by atoms with Crippen LogP contribution < -0.4 is 22.8 Å². The highest BCUT2D eigenvalue weighted by molar-refractivity contribution is 6.14. The van der Waals surface area contributed by atoms with E-state index in [4.69, 9.17) is 22.1 Å². The van der Waals surface area contributed by atoms with E-state index in [0.29, 0.717) is 34.5 Å². The van der Waals surface area contributed by atoms with Crippen LogP contribution in [0.15, 0.2) is 242 Å². The average molecular weight is 1530 g/mol. The minimum atomic E-state index is 0.488. The Labute approximate surface area is 675 Å². The van der Waals surface area contributed by atoms with Crippen LogP contribution in [0.25, 0.3) is 167 Å². The quantitative estimate of drug-likeness (QED) is 0.147. The summed E-state index contributed by atoms with van der Waals surface area (Å²) in [4.78, 5) is 21.9. The zero-order valence-electron chi connectivity index (χ0n) is 69.9. The van der Waals surface area contributed by atoms with Gasteiger partial charge in [-0.1, -0.05) is 62.4 Å². The van der Waals surface area contributed by atoms with Gasteiger partial charge in [-0.25, -0.2) is 47.8 Å². The number of pyridine rings is 10. The predicted molar refractivity (Wildman–Crippen MR) is 466 cm³/mol. The van der Waals surface area contributed by atoms with Crippen molar-refractivity contribution < 1.29 is 44.9 Å². The van der Waals surface area contributed by atoms with E-state index in [9.17, 15) is 0 Å². The second kappa shape index (κ2) is 30.8. The van der Waals surface area contributed by atoms with E-state index >= 15 is 0 Å². The number of hydrogen-bond acceptors (Lipinski definition) is 10. The molecule has 0 unspecified atom stereocenters. The molecule has 0 bridgehead atoms. The van der Waals surface area contributed by atoms with E-state index < -0.39 is 0 Å². The Morgan fingerprint density at radius 2 is 0.560 bits per heavy atom. The number of aryl methyl sites for hydroxylation is 18. The summed E-state index contributed by atoms with van der Waals surface area (Å²) in [7, 11) is 10.4. The van der Waals surface area contributed by atoms with Gasteiger partial charge in [0.15, 0.2) is 58.9 Å². The van der Waals surface area contributed by atoms with Crippen molar-refractivity contribution in [2.45, 2.75) is 110 Å². The third-order valence-electron chi connectivity index (χ3n) is 22.9. The van der Waals surface area contributed by atoms with Gasteiger partial charge >= 0.3 is 0 Å². The van der Waals surface area contributed by atoms with Crippen LogP contribution in [0.2, 0.25) is 0 Å². The number of nitrogens with zero attached hydrogens (tertiary/aromatic N) is 10. The number of furan rings is 5. The molecule has 15 heteroatoms. The molecule has 20 aromatic rings. The standard InChI is InChI=1S/2C21H21N2O.2C20H19N2O.C19H17N2O/c1-12-10-17(23(5)11-15(12)4)19-14(3)9-13(2)18-16-7-6-8-22-21(16)24-20(18)19;1-13(2)15-9-11-23(4)18(12-15)19-14(3)7-8-16-17-6-5-10-22-21(17)24-20(16)19;1-12-7-8-15-16-6-5-9-21-20(16)23-19(15)18(12)17-10-13(2)14(3)11-22(17)4;1-12-7-8-16(22(4)11-12)18-14(3)10-13(2)17-15-6-5-9-21-20(15)23-19(17)18;1-12-6-9-16(21(3)11-12)17-13(2)7-8-14-15-5-4-10-20-19(15)22-18(14)17/h6-11H,1-5H3;5-13H,1-4H3;2*5-11H,1-4H3;4-11H,1-3H3/q5*+1. The first-order chi connectivity index (χ1) is 55.8. The molecule has 15 heterocycles. The van der Waals surface area contributed by atoms with E-state index in [1.54, 1.807) is 31.0 Å². The SMILES string of the molecule is Cc1cc(-c2c(C)cc(C)c3c2oc2ncccc23)[n+](C)cc1C.Cc1cc(-c2c(C)ccc3c2oc2ncccc23)[n+](C)cc1C.Cc1ccc(-c2c(C)cc(C)c3c2oc2ncccc23)[n+](C)c1.Cc1ccc(-c2c(C)ccc3c2oc2ncccc23)[n+](C)c1.Cc1ccc2c(oc3ncccc32)c1-c1cc(C(C)C)cc[n+]1C. The molecule has 15 nitrogen and oxygen atoms in total. The second-order valence-electron chi connectivity index (χ2n) is 31.7. The highest BCUT2D eigenvalue weighted by atomic mass is 16.4. The molecule has 0 radical (unpaired) electrons. The van der Waals surface area contributed by atoms with Gasteiger partial charge in [-0.15, -0.1) is 0 Å². The molecule has 0 N–H and O–H groups in total. The summed E-state index contributed by atoms with van der Waals surface area (Å²) in [5.41, 5.74) is 37.0. The fourth-order valence-corrected chi connectivity index (χ4v) is 16.7. The largest absolute Gasteiger partial charge is 0.437 e. The van der Waals surface area contributed by atoms with Gasteiger partial charge in [-0.05, 0) is 224 Å². The van der Waals surface area contributed by atoms with E-state index in [2.05, 4.69) is 345 Å². The predicted octanol–water partition coefficient (Wildman–Crippen LogP) is 22.5. The van der Waals surface area contributed by atoms with E-state index in [0.717, 1.165) is 127 Å². The number of rotatable bonds is 6. The van der Waals surface area contributed by atoms with Crippen molar-refractivity contribution in [1.29, 1.82) is 0 Å². The molecule has 0 fully saturated rings. The van der Waals surface area contributed by atoms with E-state index in [1.807, 2.05) is 30.3 Å². The smallest absolute Gasteiger partial charge is 0.227 e. The molecule has 576 valence electrons. The summed E-state index contributed by atoms with van der Waals surface area (Å²) >= 11 is 0. The van der Waals surface area contributed by atoms with Crippen molar-refractivity contribution in [3.8, 4) is 56.3 Å². The van der Waals surface area contributed by atoms with E-state index in [-0.39, 0.29) is 0 Å². The summed E-state index contributed by atoms with van der Waals surface area (Å²) < 4.78 is 41.5. The topological polar surface area (TPSA) is 150 Å². The lowest BCUT2D eigenvalue weighted by atomic mass is 9.96. The Morgan fingerprint density at radius 1 is 0.250 bits per heavy atom. The first-order valence-corrected chi connectivity index (χ1v) is 39.5. The lowest BCUT2D eigenvalue weighted by molar-refractivity contribution is -0.660. The molecule has 5 aromatic carbocycles. The van der Waals surface area contributed by atoms with Gasteiger partial charge in [-0.3, -0.25) is 0 Å². The monoisotopic (exact) mass is 1530 g/mol. The first-order valence-electron chi connectivity index (χ1n) is 39.5. The highest BCUT2D eigenvalue weighted by Gasteiger charge is 2.29. The molecule has 0 aliphatic heterocycles. The molecular formula is C101H97N10O5+5. The average Bonchev–Trinajstić information content (AvgIpc) is 1.57. The Hall–Kier alpha value is -13.4. The molecule has 0 atom stereocenters. The number of hydrogen-bond donors (Lipinski definition) is 0. The summed E-state index contributed by atoms with van der Waals surface area (Å²) in [6.45, 7) is 32.2. The summed E-state index contributed by atoms with van der Waals surface area (Å²) in [6.07, 6.45) is 19.6. The van der Waals surface area contributed by atoms with Crippen LogP contribution in [0.5, 0.6) is 0 Å². The van der Waals surface area contributed by atoms with Crippen LogP contribution >= 0.6 is 0 Å². The lowest BCUT2D eigenvalue weighted by Crippen LogP contribution is -2.31. The van der Waals surface area contributed by atoms with Crippen molar-refractivity contribution >= 4 is 110 Å². The first kappa shape index (κ1) is 76.6. The van der Waals surface area contributed by atoms with Gasteiger partial charge in [0.1, 0.15) is 35.2 Å². The van der Waals surface area contributed by atoms with Crippen molar-refractivity contribution in [3.63, 3.8) is 0 Å². The Morgan fingerprint density at radius 3 is 0.922 bits per heavy atom. The second-order valence-corrected chi connectivity index (χ2v) is 31.7. The lowest BCUT2D eigenvalue weighted by Gasteiger charge is -2.09. The molecule has 0 saturated carbocycles. The minimum Gasteiger partial charge on any atom is -0.437 e. The third-order valence-corrected chi connectivity index (χ3v) is 22.9. The number of fused-ring (bicyclic) bond motifs is 15. The van der Waals surface area contributed by atoms with Crippen LogP contribution in [-0.4, -0.2) is 24.9 Å². The number of aromatic nitrogens is 10. The van der Waals surface area contributed by atoms with Crippen molar-refractivity contribution in [2.75, 3.05) is 0 Å². The van der Waals surface area contributed by atoms with E-state index in [1.165, 1.54) is 89.3 Å². The maximum Gasteiger partial charge on any atom is 0.227 e. The van der Waals surface area contributed by atoms with Crippen molar-refractivity contribution in [1.82, 2.24) is 24.9 Å². The summed E-state index contributed by atoms with van der Waals surface area (Å²) in [5.74, 6) is 0.488. The van der Waals surface area contributed by atoms with Crippen LogP contribution in [0.3, 0.4) is 0 Å². The molecule has 0 aliphatic rings. The summed E-state index contributed by atoms with van der Waals surface area (Å²) in [5, 5.41) is 11.0. The Kier molecular flexibility index (Phi) is 20.4. The normalized spacial score (nSPS) is 11.5. The molecule has 0 saturated heterocycles. The molecular weight excluding hydrogens is 1430 g/mol. The third kappa shape index (κ3) is 13.9. The zero-order chi connectivity index (χ0) is 81.4. The molecule has 116 heavy (non-hydrogen) atoms.